The Labute approximate surface area is 96.4 Å². The molecular formula is C11H21N3O2. The summed E-state index contributed by atoms with van der Waals surface area (Å²) in [6.45, 7) is 3.99. The van der Waals surface area contributed by atoms with E-state index in [1.807, 2.05) is 0 Å². The second-order valence-corrected chi connectivity index (χ2v) is 4.72. The van der Waals surface area contributed by atoms with Gasteiger partial charge in [-0.15, -0.1) is 0 Å². The van der Waals surface area contributed by atoms with E-state index in [1.165, 1.54) is 0 Å². The van der Waals surface area contributed by atoms with Crippen molar-refractivity contribution in [3.05, 3.63) is 0 Å². The van der Waals surface area contributed by atoms with E-state index in [2.05, 4.69) is 16.0 Å². The molecule has 0 atom stereocenters. The van der Waals surface area contributed by atoms with Crippen LogP contribution in [0, 0.1) is 0 Å². The normalized spacial score (nSPS) is 15.7. The van der Waals surface area contributed by atoms with E-state index in [4.69, 9.17) is 0 Å². The molecule has 0 spiro atoms. The average Bonchev–Trinajstić information content (AvgIpc) is 3.01. The molecule has 0 aromatic rings. The lowest BCUT2D eigenvalue weighted by molar-refractivity contribution is -0.126. The van der Waals surface area contributed by atoms with Crippen molar-refractivity contribution in [1.29, 1.82) is 0 Å². The van der Waals surface area contributed by atoms with Gasteiger partial charge in [0.05, 0.1) is 5.54 Å². The fourth-order valence-electron chi connectivity index (χ4n) is 1.15. The number of hydrogen-bond acceptors (Lipinski definition) is 3. The van der Waals surface area contributed by atoms with Gasteiger partial charge in [0.1, 0.15) is 0 Å². The maximum atomic E-state index is 11.6. The third kappa shape index (κ3) is 4.18. The largest absolute Gasteiger partial charge is 0.354 e. The first-order valence-corrected chi connectivity index (χ1v) is 5.72. The lowest BCUT2D eigenvalue weighted by atomic mass is 10.1. The summed E-state index contributed by atoms with van der Waals surface area (Å²) < 4.78 is 0. The van der Waals surface area contributed by atoms with Gasteiger partial charge in [0.2, 0.25) is 11.8 Å². The Morgan fingerprint density at radius 3 is 2.44 bits per heavy atom. The molecule has 0 aromatic heterocycles. The van der Waals surface area contributed by atoms with E-state index < -0.39 is 5.54 Å². The summed E-state index contributed by atoms with van der Waals surface area (Å²) in [5, 5.41) is 8.52. The molecule has 16 heavy (non-hydrogen) atoms. The minimum atomic E-state index is -0.590. The SMILES string of the molecule is CNC(C)(C)C(=O)NCCC(=O)NC1CC1. The Morgan fingerprint density at radius 1 is 1.31 bits per heavy atom. The van der Waals surface area contributed by atoms with E-state index in [0.717, 1.165) is 12.8 Å². The van der Waals surface area contributed by atoms with Crippen molar-refractivity contribution in [3.63, 3.8) is 0 Å². The first-order valence-electron chi connectivity index (χ1n) is 5.72. The number of likely N-dealkylation sites (N-methyl/N-ethyl adjacent to an activating group) is 1. The van der Waals surface area contributed by atoms with Gasteiger partial charge in [0, 0.05) is 19.0 Å². The van der Waals surface area contributed by atoms with E-state index in [-0.39, 0.29) is 11.8 Å². The molecule has 92 valence electrons. The summed E-state index contributed by atoms with van der Waals surface area (Å²) in [7, 11) is 1.74. The molecule has 1 fully saturated rings. The smallest absolute Gasteiger partial charge is 0.239 e. The molecular weight excluding hydrogens is 206 g/mol. The van der Waals surface area contributed by atoms with Crippen LogP contribution in [-0.2, 0) is 9.59 Å². The molecule has 1 aliphatic rings. The molecule has 3 N–H and O–H groups in total. The van der Waals surface area contributed by atoms with Gasteiger partial charge in [-0.3, -0.25) is 9.59 Å². The predicted octanol–water partition coefficient (Wildman–Crippen LogP) is -0.231. The Kier molecular flexibility index (Phi) is 4.29. The highest BCUT2D eigenvalue weighted by atomic mass is 16.2. The third-order valence-corrected chi connectivity index (χ3v) is 2.77. The highest BCUT2D eigenvalue weighted by molar-refractivity contribution is 5.86. The van der Waals surface area contributed by atoms with Crippen LogP contribution in [0.1, 0.15) is 33.1 Å². The van der Waals surface area contributed by atoms with Crippen LogP contribution >= 0.6 is 0 Å². The zero-order valence-electron chi connectivity index (χ0n) is 10.2. The number of amides is 2. The van der Waals surface area contributed by atoms with Gasteiger partial charge in [0.15, 0.2) is 0 Å². The van der Waals surface area contributed by atoms with Crippen LogP contribution in [0.25, 0.3) is 0 Å². The molecule has 0 aliphatic heterocycles. The van der Waals surface area contributed by atoms with Crippen LogP contribution in [0.2, 0.25) is 0 Å². The van der Waals surface area contributed by atoms with Crippen LogP contribution in [0.5, 0.6) is 0 Å². The van der Waals surface area contributed by atoms with Gasteiger partial charge in [0.25, 0.3) is 0 Å². The number of hydrogen-bond donors (Lipinski definition) is 3. The zero-order valence-corrected chi connectivity index (χ0v) is 10.2. The van der Waals surface area contributed by atoms with Crippen molar-refractivity contribution in [2.24, 2.45) is 0 Å². The molecule has 1 aliphatic carbocycles. The van der Waals surface area contributed by atoms with Crippen LogP contribution < -0.4 is 16.0 Å². The maximum absolute atomic E-state index is 11.6. The van der Waals surface area contributed by atoms with Crippen LogP contribution in [0.3, 0.4) is 0 Å². The summed E-state index contributed by atoms with van der Waals surface area (Å²) in [5.41, 5.74) is -0.590. The van der Waals surface area contributed by atoms with E-state index in [0.29, 0.717) is 19.0 Å². The lowest BCUT2D eigenvalue weighted by Gasteiger charge is -2.22. The molecule has 0 unspecified atom stereocenters. The highest BCUT2D eigenvalue weighted by Crippen LogP contribution is 2.18. The van der Waals surface area contributed by atoms with Crippen molar-refractivity contribution < 1.29 is 9.59 Å². The van der Waals surface area contributed by atoms with Crippen molar-refractivity contribution in [1.82, 2.24) is 16.0 Å². The van der Waals surface area contributed by atoms with Crippen molar-refractivity contribution in [3.8, 4) is 0 Å². The van der Waals surface area contributed by atoms with Gasteiger partial charge in [-0.1, -0.05) is 0 Å². The summed E-state index contributed by atoms with van der Waals surface area (Å²) in [6, 6.07) is 0.386. The van der Waals surface area contributed by atoms with Gasteiger partial charge in [-0.2, -0.15) is 0 Å². The van der Waals surface area contributed by atoms with Crippen molar-refractivity contribution in [2.75, 3.05) is 13.6 Å². The Hall–Kier alpha value is -1.10. The molecule has 0 radical (unpaired) electrons. The van der Waals surface area contributed by atoms with Gasteiger partial charge in [-0.25, -0.2) is 0 Å². The van der Waals surface area contributed by atoms with Crippen LogP contribution in [0.4, 0.5) is 0 Å². The van der Waals surface area contributed by atoms with Gasteiger partial charge in [-0.05, 0) is 33.7 Å². The predicted molar refractivity (Wildman–Crippen MR) is 61.9 cm³/mol. The molecule has 1 rings (SSSR count). The maximum Gasteiger partial charge on any atom is 0.239 e. The number of carbonyl (C=O) groups excluding carboxylic acids is 2. The Morgan fingerprint density at radius 2 is 1.94 bits per heavy atom. The Bertz CT molecular complexity index is 272. The summed E-state index contributed by atoms with van der Waals surface area (Å²) in [4.78, 5) is 22.9. The zero-order chi connectivity index (χ0) is 12.2. The fraction of sp³-hybridized carbons (Fsp3) is 0.818. The Balaban J connectivity index is 2.14. The molecule has 5 heteroatoms. The first-order chi connectivity index (χ1) is 7.45. The third-order valence-electron chi connectivity index (χ3n) is 2.77. The number of nitrogens with one attached hydrogen (secondary N) is 3. The van der Waals surface area contributed by atoms with Crippen molar-refractivity contribution >= 4 is 11.8 Å². The molecule has 0 saturated heterocycles. The van der Waals surface area contributed by atoms with E-state index in [1.54, 1.807) is 20.9 Å². The molecule has 1 saturated carbocycles. The minimum absolute atomic E-state index is 0.0186. The van der Waals surface area contributed by atoms with Crippen LogP contribution in [-0.4, -0.2) is 37.0 Å². The quantitative estimate of drug-likeness (QED) is 0.587. The van der Waals surface area contributed by atoms with E-state index in [9.17, 15) is 9.59 Å². The summed E-state index contributed by atoms with van der Waals surface area (Å²) in [6.07, 6.45) is 2.53. The molecule has 0 bridgehead atoms. The monoisotopic (exact) mass is 227 g/mol. The van der Waals surface area contributed by atoms with Gasteiger partial charge < -0.3 is 16.0 Å². The van der Waals surface area contributed by atoms with Crippen LogP contribution in [0.15, 0.2) is 0 Å². The second kappa shape index (κ2) is 5.30. The topological polar surface area (TPSA) is 70.2 Å². The average molecular weight is 227 g/mol. The van der Waals surface area contributed by atoms with Gasteiger partial charge >= 0.3 is 0 Å². The standard InChI is InChI=1S/C11H21N3O2/c1-11(2,12-3)10(16)13-7-6-9(15)14-8-4-5-8/h8,12H,4-7H2,1-3H3,(H,13,16)(H,14,15). The summed E-state index contributed by atoms with van der Waals surface area (Å²) >= 11 is 0. The first kappa shape index (κ1) is 13.0. The summed E-state index contributed by atoms with van der Waals surface area (Å²) in [5.74, 6) is -0.0701. The molecule has 0 heterocycles. The van der Waals surface area contributed by atoms with E-state index >= 15 is 0 Å². The second-order valence-electron chi connectivity index (χ2n) is 4.72. The molecule has 0 aromatic carbocycles. The lowest BCUT2D eigenvalue weighted by Crippen LogP contribution is -2.51. The number of rotatable bonds is 6. The molecule has 5 nitrogen and oxygen atoms in total. The molecule has 2 amide bonds. The fourth-order valence-corrected chi connectivity index (χ4v) is 1.15. The highest BCUT2D eigenvalue weighted by Gasteiger charge is 2.25. The minimum Gasteiger partial charge on any atom is -0.354 e. The number of carbonyl (C=O) groups is 2. The van der Waals surface area contributed by atoms with Crippen molar-refractivity contribution in [2.45, 2.75) is 44.7 Å².